The van der Waals surface area contributed by atoms with Gasteiger partial charge in [-0.05, 0) is 152 Å². The Labute approximate surface area is 347 Å². The van der Waals surface area contributed by atoms with Gasteiger partial charge in [-0.25, -0.2) is 9.97 Å². The summed E-state index contributed by atoms with van der Waals surface area (Å²) in [7, 11) is 0. The van der Waals surface area contributed by atoms with Gasteiger partial charge in [0.05, 0.1) is 35.5 Å². The molecule has 3 aromatic heterocycles. The van der Waals surface area contributed by atoms with Crippen LogP contribution >= 0.6 is 0 Å². The molecule has 312 valence electrons. The molecule has 0 spiro atoms. The van der Waals surface area contributed by atoms with Gasteiger partial charge in [-0.1, -0.05) is 47.6 Å². The van der Waals surface area contributed by atoms with Crippen LogP contribution < -0.4 is 0 Å². The number of allylic oxidation sites excluding steroid dienone is 9. The third-order valence-electron chi connectivity index (χ3n) is 11.4. The number of aromatic amines is 2. The Balaban J connectivity index is 1.65. The molecule has 10 nitrogen and oxygen atoms in total. The molecule has 0 amide bonds. The number of aliphatic hydroxyl groups is 2. The number of carboxylic acid groups (broad SMARTS) is 2. The quantitative estimate of drug-likeness (QED) is 0.0690. The summed E-state index contributed by atoms with van der Waals surface area (Å²) in [6.07, 6.45) is 13.2. The van der Waals surface area contributed by atoms with Crippen molar-refractivity contribution in [3.8, 4) is 0 Å². The van der Waals surface area contributed by atoms with Gasteiger partial charge in [0.2, 0.25) is 0 Å². The van der Waals surface area contributed by atoms with Crippen LogP contribution in [0.2, 0.25) is 0 Å². The van der Waals surface area contributed by atoms with E-state index in [1.54, 1.807) is 12.1 Å². The number of aliphatic hydroxyl groups excluding tert-OH is 2. The number of hydrogen-bond donors (Lipinski definition) is 6. The van der Waals surface area contributed by atoms with Crippen molar-refractivity contribution >= 4 is 62.4 Å². The van der Waals surface area contributed by atoms with Crippen molar-refractivity contribution in [1.29, 1.82) is 0 Å². The van der Waals surface area contributed by atoms with Crippen molar-refractivity contribution in [2.45, 2.75) is 119 Å². The average Bonchev–Trinajstić information content (AvgIpc) is 3.85. The lowest BCUT2D eigenvalue weighted by molar-refractivity contribution is -0.137. The number of nitrogens with one attached hydrogen (secondary N) is 2. The first-order chi connectivity index (χ1) is 28.1. The minimum atomic E-state index is -0.980. The molecular weight excluding hydrogens is 741 g/mol. The van der Waals surface area contributed by atoms with Crippen LogP contribution in [-0.2, 0) is 9.59 Å². The van der Waals surface area contributed by atoms with E-state index in [1.807, 2.05) is 39.0 Å². The van der Waals surface area contributed by atoms with E-state index in [-0.39, 0.29) is 32.3 Å². The number of nitrogens with zero attached hydrogens (tertiary/aromatic N) is 2. The molecule has 0 fully saturated rings. The Kier molecular flexibility index (Phi) is 15.0. The Morgan fingerprint density at radius 1 is 0.678 bits per heavy atom. The largest absolute Gasteiger partial charge is 0.481 e. The summed E-state index contributed by atoms with van der Waals surface area (Å²) in [4.78, 5) is 40.5. The number of aryl methyl sites for hydroxylation is 2. The Morgan fingerprint density at radius 3 is 1.85 bits per heavy atom. The van der Waals surface area contributed by atoms with E-state index in [2.05, 4.69) is 62.5 Å². The zero-order chi connectivity index (χ0) is 43.0. The summed E-state index contributed by atoms with van der Waals surface area (Å²) < 4.78 is 0. The number of H-pyrrole nitrogens is 2. The summed E-state index contributed by atoms with van der Waals surface area (Å²) in [5, 5.41) is 41.9. The number of aromatic nitrogens is 4. The van der Waals surface area contributed by atoms with E-state index < -0.39 is 18.0 Å². The van der Waals surface area contributed by atoms with Gasteiger partial charge in [0.15, 0.2) is 0 Å². The van der Waals surface area contributed by atoms with Gasteiger partial charge in [-0.15, -0.1) is 0 Å². The molecule has 1 atom stereocenters. The molecule has 2 aliphatic heterocycles. The minimum Gasteiger partial charge on any atom is -0.481 e. The van der Waals surface area contributed by atoms with Crippen LogP contribution in [0.4, 0.5) is 0 Å². The summed E-state index contributed by atoms with van der Waals surface area (Å²) in [5.41, 5.74) is 15.3. The highest BCUT2D eigenvalue weighted by Crippen LogP contribution is 2.39. The first-order valence-corrected chi connectivity index (χ1v) is 20.6. The molecule has 3 aromatic rings. The summed E-state index contributed by atoms with van der Waals surface area (Å²) in [6.45, 7) is 18.2. The highest BCUT2D eigenvalue weighted by Gasteiger charge is 2.25. The fourth-order valence-corrected chi connectivity index (χ4v) is 7.97. The van der Waals surface area contributed by atoms with E-state index in [9.17, 15) is 30.0 Å². The molecule has 0 unspecified atom stereocenters. The third kappa shape index (κ3) is 10.9. The van der Waals surface area contributed by atoms with Crippen LogP contribution in [0.3, 0.4) is 0 Å². The highest BCUT2D eigenvalue weighted by molar-refractivity contribution is 5.97. The SMILES string of the molecule is C=Cc1c(C)c2cc3[nH]c(cc4nc(cc5nc(cc1[nH]2)C(C)=C5CCC(=O)O)C(CCC(=O)O)=C4CO)c(C)c3[C@@H](O)CC/C=C(\C)CC/C=C(\C)CCC=C(C)C. The Bertz CT molecular complexity index is 2450. The van der Waals surface area contributed by atoms with Crippen molar-refractivity contribution in [3.63, 3.8) is 0 Å². The molecule has 0 aliphatic carbocycles. The van der Waals surface area contributed by atoms with E-state index in [0.717, 1.165) is 75.6 Å². The van der Waals surface area contributed by atoms with Crippen LogP contribution in [-0.4, -0.2) is 58.9 Å². The summed E-state index contributed by atoms with van der Waals surface area (Å²) in [5.74, 6) is -1.91. The van der Waals surface area contributed by atoms with Crippen LogP contribution in [0, 0.1) is 13.8 Å². The molecule has 0 radical (unpaired) electrons. The van der Waals surface area contributed by atoms with Crippen molar-refractivity contribution in [2.75, 3.05) is 6.61 Å². The second kappa shape index (κ2) is 19.9. The van der Waals surface area contributed by atoms with Gasteiger partial charge < -0.3 is 30.4 Å². The second-order valence-corrected chi connectivity index (χ2v) is 16.1. The van der Waals surface area contributed by atoms with Gasteiger partial charge in [0, 0.05) is 51.6 Å². The lowest BCUT2D eigenvalue weighted by Crippen LogP contribution is -1.98. The third-order valence-corrected chi connectivity index (χ3v) is 11.4. The topological polar surface area (TPSA) is 172 Å². The maximum Gasteiger partial charge on any atom is 0.303 e. The minimum absolute atomic E-state index is 0.0976. The van der Waals surface area contributed by atoms with Crippen molar-refractivity contribution in [2.24, 2.45) is 0 Å². The van der Waals surface area contributed by atoms with Gasteiger partial charge in [0.1, 0.15) is 0 Å². The molecule has 0 aromatic carbocycles. The number of carbonyl (C=O) groups is 2. The van der Waals surface area contributed by atoms with Crippen LogP contribution in [0.15, 0.2) is 65.8 Å². The monoisotopic (exact) mass is 800 g/mol. The molecule has 5 heterocycles. The predicted molar refractivity (Wildman–Crippen MR) is 240 cm³/mol. The number of fused-ring (bicyclic) bond motifs is 8. The second-order valence-electron chi connectivity index (χ2n) is 16.1. The van der Waals surface area contributed by atoms with Gasteiger partial charge in [-0.2, -0.15) is 0 Å². The number of rotatable bonds is 18. The zero-order valence-electron chi connectivity index (χ0n) is 35.7. The van der Waals surface area contributed by atoms with Gasteiger partial charge in [0.25, 0.3) is 0 Å². The molecule has 5 rings (SSSR count). The fraction of sp³-hybridized carbons (Fsp3) is 0.388. The first-order valence-electron chi connectivity index (χ1n) is 20.6. The highest BCUT2D eigenvalue weighted by atomic mass is 16.4. The number of hydrogen-bond acceptors (Lipinski definition) is 6. The van der Waals surface area contributed by atoms with E-state index in [4.69, 9.17) is 9.97 Å². The lowest BCUT2D eigenvalue weighted by atomic mass is 9.97. The normalized spacial score (nSPS) is 13.9. The molecule has 2 aliphatic rings. The summed E-state index contributed by atoms with van der Waals surface area (Å²) >= 11 is 0. The van der Waals surface area contributed by atoms with E-state index >= 15 is 0 Å². The molecule has 8 bridgehead atoms. The smallest absolute Gasteiger partial charge is 0.303 e. The standard InChI is InChI=1S/C49H60N4O6/c1-9-34-31(6)39-25-45-49(46(55)18-12-17-30(5)16-11-15-29(4)14-10-13-28(2)3)33(8)40(52-45)24-44-37(27-54)36(20-22-48(58)59)43(53-44)26-42-35(19-21-47(56)57)32(7)38(51-42)23-41(34)50-39/h9,13,15,17,23-26,46,50,52,54-55H,1,10-12,14,16,18-22,27H2,2-8H3,(H,56,57)(H,58,59)/b29-15+,30-17+,38-23?,39-25?,40-24?,41-23?,42-26?,43-26?,44-24?,45-25?/t46-/m0/s1. The molecular formula is C49H60N4O6. The van der Waals surface area contributed by atoms with Gasteiger partial charge in [-0.3, -0.25) is 9.59 Å². The molecule has 10 heteroatoms. The number of aliphatic carboxylic acids is 2. The van der Waals surface area contributed by atoms with Crippen LogP contribution in [0.5, 0.6) is 0 Å². The van der Waals surface area contributed by atoms with Crippen molar-refractivity contribution in [1.82, 2.24) is 19.9 Å². The summed E-state index contributed by atoms with van der Waals surface area (Å²) in [6, 6.07) is 7.55. The Morgan fingerprint density at radius 2 is 1.22 bits per heavy atom. The van der Waals surface area contributed by atoms with Gasteiger partial charge >= 0.3 is 11.9 Å². The molecule has 6 N–H and O–H groups in total. The van der Waals surface area contributed by atoms with Crippen LogP contribution in [0.25, 0.3) is 50.4 Å². The maximum atomic E-state index is 11.9. The van der Waals surface area contributed by atoms with E-state index in [0.29, 0.717) is 52.3 Å². The predicted octanol–water partition coefficient (Wildman–Crippen LogP) is 11.4. The molecule has 0 saturated heterocycles. The average molecular weight is 801 g/mol. The number of carboxylic acids is 2. The lowest BCUT2D eigenvalue weighted by Gasteiger charge is -2.10. The zero-order valence-corrected chi connectivity index (χ0v) is 35.7. The van der Waals surface area contributed by atoms with Crippen LogP contribution in [0.1, 0.15) is 150 Å². The maximum absolute atomic E-state index is 11.9. The first kappa shape index (κ1) is 44.5. The van der Waals surface area contributed by atoms with Crippen molar-refractivity contribution in [3.05, 3.63) is 111 Å². The molecule has 0 saturated carbocycles. The van der Waals surface area contributed by atoms with Crippen molar-refractivity contribution < 1.29 is 30.0 Å². The fourth-order valence-electron chi connectivity index (χ4n) is 7.97. The molecule has 59 heavy (non-hydrogen) atoms. The van der Waals surface area contributed by atoms with E-state index in [1.165, 1.54) is 16.7 Å². The Hall–Kier alpha value is -5.58.